The number of aryl methyl sites for hydroxylation is 2. The molecule has 3 rings (SSSR count). The Balaban J connectivity index is 1.78. The van der Waals surface area contributed by atoms with Crippen LogP contribution in [0.15, 0.2) is 12.1 Å². The van der Waals surface area contributed by atoms with Gasteiger partial charge >= 0.3 is 0 Å². The Morgan fingerprint density at radius 3 is 3.05 bits per heavy atom. The van der Waals surface area contributed by atoms with Gasteiger partial charge in [-0.1, -0.05) is 26.2 Å². The summed E-state index contributed by atoms with van der Waals surface area (Å²) in [5.74, 6) is 1.75. The number of imidazole rings is 1. The largest absolute Gasteiger partial charge is 0.329 e. The molecular formula is C16H23N3S. The second kappa shape index (κ2) is 5.68. The van der Waals surface area contributed by atoms with Crippen LogP contribution >= 0.6 is 12.2 Å². The van der Waals surface area contributed by atoms with E-state index in [-0.39, 0.29) is 0 Å². The van der Waals surface area contributed by atoms with Crippen molar-refractivity contribution in [2.45, 2.75) is 52.5 Å². The van der Waals surface area contributed by atoms with Crippen LogP contribution < -0.4 is 0 Å². The number of pyridine rings is 1. The van der Waals surface area contributed by atoms with Crippen molar-refractivity contribution < 1.29 is 0 Å². The van der Waals surface area contributed by atoms with Gasteiger partial charge in [0.05, 0.1) is 5.52 Å². The highest BCUT2D eigenvalue weighted by Crippen LogP contribution is 2.31. The fourth-order valence-electron chi connectivity index (χ4n) is 3.47. The lowest BCUT2D eigenvalue weighted by Gasteiger charge is -2.26. The summed E-state index contributed by atoms with van der Waals surface area (Å²) in [7, 11) is 0. The van der Waals surface area contributed by atoms with Gasteiger partial charge < -0.3 is 9.55 Å². The minimum Gasteiger partial charge on any atom is -0.329 e. The summed E-state index contributed by atoms with van der Waals surface area (Å²) >= 11 is 5.45. The van der Waals surface area contributed by atoms with Crippen molar-refractivity contribution in [2.24, 2.45) is 11.8 Å². The van der Waals surface area contributed by atoms with Crippen molar-refractivity contribution >= 4 is 23.4 Å². The van der Waals surface area contributed by atoms with Crippen LogP contribution in [0.25, 0.3) is 11.2 Å². The maximum atomic E-state index is 5.45. The van der Waals surface area contributed by atoms with Crippen molar-refractivity contribution in [3.8, 4) is 0 Å². The molecule has 1 saturated carbocycles. The second-order valence-electron chi connectivity index (χ2n) is 6.33. The van der Waals surface area contributed by atoms with Crippen LogP contribution in [-0.4, -0.2) is 14.5 Å². The molecule has 2 aromatic rings. The summed E-state index contributed by atoms with van der Waals surface area (Å²) in [5, 5.41) is 0. The number of aromatic nitrogens is 3. The first-order valence-electron chi connectivity index (χ1n) is 7.69. The predicted molar refractivity (Wildman–Crippen MR) is 85.4 cm³/mol. The van der Waals surface area contributed by atoms with Gasteiger partial charge in [0.15, 0.2) is 10.4 Å². The highest BCUT2D eigenvalue weighted by atomic mass is 32.1. The maximum absolute atomic E-state index is 5.45. The molecule has 0 amide bonds. The van der Waals surface area contributed by atoms with Crippen molar-refractivity contribution in [1.82, 2.24) is 14.5 Å². The average Bonchev–Trinajstić information content (AvgIpc) is 2.72. The molecule has 4 heteroatoms. The van der Waals surface area contributed by atoms with Crippen molar-refractivity contribution in [1.29, 1.82) is 0 Å². The van der Waals surface area contributed by atoms with Crippen LogP contribution in [0.4, 0.5) is 0 Å². The summed E-state index contributed by atoms with van der Waals surface area (Å²) in [5.41, 5.74) is 3.11. The smallest absolute Gasteiger partial charge is 0.179 e. The zero-order valence-electron chi connectivity index (χ0n) is 12.4. The molecule has 0 spiro atoms. The minimum absolute atomic E-state index is 0.807. The van der Waals surface area contributed by atoms with Crippen LogP contribution in [0.2, 0.25) is 0 Å². The van der Waals surface area contributed by atoms with Gasteiger partial charge in [0.2, 0.25) is 0 Å². The summed E-state index contributed by atoms with van der Waals surface area (Å²) < 4.78 is 2.98. The first kappa shape index (κ1) is 13.8. The van der Waals surface area contributed by atoms with Crippen LogP contribution in [0.1, 0.15) is 44.7 Å². The van der Waals surface area contributed by atoms with E-state index in [9.17, 15) is 0 Å². The molecule has 1 aliphatic rings. The van der Waals surface area contributed by atoms with Crippen LogP contribution in [0.3, 0.4) is 0 Å². The predicted octanol–water partition coefficient (Wildman–Crippen LogP) is 4.62. The topological polar surface area (TPSA) is 33.6 Å². The molecule has 0 aliphatic heterocycles. The summed E-state index contributed by atoms with van der Waals surface area (Å²) in [4.78, 5) is 7.91. The quantitative estimate of drug-likeness (QED) is 0.837. The van der Waals surface area contributed by atoms with Gasteiger partial charge in [-0.3, -0.25) is 0 Å². The molecule has 1 N–H and O–H groups in total. The van der Waals surface area contributed by atoms with Crippen LogP contribution in [-0.2, 0) is 6.54 Å². The Morgan fingerprint density at radius 2 is 2.25 bits per heavy atom. The van der Waals surface area contributed by atoms with E-state index in [2.05, 4.69) is 27.5 Å². The Kier molecular flexibility index (Phi) is 3.92. The number of fused-ring (bicyclic) bond motifs is 1. The minimum atomic E-state index is 0.807. The third-order valence-corrected chi connectivity index (χ3v) is 4.89. The number of H-pyrrole nitrogens is 1. The van der Waals surface area contributed by atoms with E-state index >= 15 is 0 Å². The van der Waals surface area contributed by atoms with Crippen molar-refractivity contribution in [3.05, 3.63) is 22.6 Å². The van der Waals surface area contributed by atoms with E-state index in [4.69, 9.17) is 12.2 Å². The van der Waals surface area contributed by atoms with Gasteiger partial charge in [-0.05, 0) is 56.0 Å². The molecule has 2 atom stereocenters. The van der Waals surface area contributed by atoms with E-state index in [0.717, 1.165) is 40.0 Å². The number of aromatic amines is 1. The molecule has 2 unspecified atom stereocenters. The number of hydrogen-bond donors (Lipinski definition) is 1. The van der Waals surface area contributed by atoms with Gasteiger partial charge in [0, 0.05) is 12.2 Å². The molecule has 0 bridgehead atoms. The van der Waals surface area contributed by atoms with Crippen LogP contribution in [0, 0.1) is 23.5 Å². The molecule has 20 heavy (non-hydrogen) atoms. The first-order valence-corrected chi connectivity index (χ1v) is 8.10. The normalized spacial score (nSPS) is 23.3. The summed E-state index contributed by atoms with van der Waals surface area (Å²) in [6.07, 6.45) is 6.78. The van der Waals surface area contributed by atoms with Crippen molar-refractivity contribution in [3.63, 3.8) is 0 Å². The van der Waals surface area contributed by atoms with Gasteiger partial charge in [0.25, 0.3) is 0 Å². The lowest BCUT2D eigenvalue weighted by atomic mass is 9.81. The maximum Gasteiger partial charge on any atom is 0.179 e. The Labute approximate surface area is 125 Å². The highest BCUT2D eigenvalue weighted by molar-refractivity contribution is 7.71. The van der Waals surface area contributed by atoms with Gasteiger partial charge in [-0.2, -0.15) is 0 Å². The SMILES string of the molecule is Cc1ccc2[nH]c(=S)n(CCC3CCCC(C)C3)c2n1. The van der Waals surface area contributed by atoms with Crippen molar-refractivity contribution in [2.75, 3.05) is 0 Å². The molecule has 0 radical (unpaired) electrons. The second-order valence-corrected chi connectivity index (χ2v) is 6.72. The summed E-state index contributed by atoms with van der Waals surface area (Å²) in [6.45, 7) is 5.41. The molecule has 1 fully saturated rings. The molecule has 3 nitrogen and oxygen atoms in total. The lowest BCUT2D eigenvalue weighted by Crippen LogP contribution is -2.15. The Hall–Kier alpha value is -1.16. The summed E-state index contributed by atoms with van der Waals surface area (Å²) in [6, 6.07) is 4.10. The fraction of sp³-hybridized carbons (Fsp3) is 0.625. The van der Waals surface area contributed by atoms with E-state index in [1.807, 2.05) is 13.0 Å². The molecule has 0 saturated heterocycles. The number of nitrogens with zero attached hydrogens (tertiary/aromatic N) is 2. The fourth-order valence-corrected chi connectivity index (χ4v) is 3.75. The number of hydrogen-bond acceptors (Lipinski definition) is 2. The molecule has 0 aromatic carbocycles. The molecule has 2 heterocycles. The third-order valence-electron chi connectivity index (χ3n) is 4.56. The average molecular weight is 289 g/mol. The number of nitrogens with one attached hydrogen (secondary N) is 1. The monoisotopic (exact) mass is 289 g/mol. The number of rotatable bonds is 3. The molecular weight excluding hydrogens is 266 g/mol. The van der Waals surface area contributed by atoms with Gasteiger partial charge in [-0.25, -0.2) is 4.98 Å². The molecule has 1 aliphatic carbocycles. The zero-order chi connectivity index (χ0) is 14.1. The first-order chi connectivity index (χ1) is 9.63. The standard InChI is InChI=1S/C16H23N3S/c1-11-4-3-5-13(10-11)8-9-19-15-14(18-16(19)20)7-6-12(2)17-15/h6-7,11,13H,3-5,8-10H2,1-2H3,(H,18,20). The van der Waals surface area contributed by atoms with E-state index in [1.165, 1.54) is 32.1 Å². The lowest BCUT2D eigenvalue weighted by molar-refractivity contribution is 0.261. The van der Waals surface area contributed by atoms with E-state index in [0.29, 0.717) is 0 Å². The highest BCUT2D eigenvalue weighted by Gasteiger charge is 2.19. The molecule has 2 aromatic heterocycles. The third kappa shape index (κ3) is 2.80. The van der Waals surface area contributed by atoms with Crippen LogP contribution in [0.5, 0.6) is 0 Å². The van der Waals surface area contributed by atoms with E-state index in [1.54, 1.807) is 0 Å². The van der Waals surface area contributed by atoms with Gasteiger partial charge in [-0.15, -0.1) is 0 Å². The van der Waals surface area contributed by atoms with Gasteiger partial charge in [0.1, 0.15) is 0 Å². The Morgan fingerprint density at radius 1 is 1.40 bits per heavy atom. The Bertz CT molecular complexity index is 655. The molecule has 108 valence electrons. The van der Waals surface area contributed by atoms with E-state index < -0.39 is 0 Å². The zero-order valence-corrected chi connectivity index (χ0v) is 13.2.